The molecular weight excluding hydrogens is 472 g/mol. The molecule has 0 N–H and O–H groups in total. The number of piperazine rings is 1. The highest BCUT2D eigenvalue weighted by Gasteiger charge is 2.26. The van der Waals surface area contributed by atoms with Crippen molar-refractivity contribution in [2.45, 2.75) is 33.2 Å². The molecule has 8 heteroatoms. The van der Waals surface area contributed by atoms with Crippen molar-refractivity contribution in [3.63, 3.8) is 0 Å². The van der Waals surface area contributed by atoms with E-state index >= 15 is 0 Å². The Morgan fingerprint density at radius 2 is 1.41 bits per heavy atom. The second-order valence-electron chi connectivity index (χ2n) is 9.14. The van der Waals surface area contributed by atoms with E-state index < -0.39 is 0 Å². The first-order valence-corrected chi connectivity index (χ1v) is 12.9. The molecule has 0 saturated carbocycles. The van der Waals surface area contributed by atoms with Gasteiger partial charge >= 0.3 is 0 Å². The molecule has 0 bridgehead atoms. The number of carbonyl (C=O) groups excluding carboxylic acids is 1. The normalized spacial score (nSPS) is 15.5. The third kappa shape index (κ3) is 5.96. The van der Waals surface area contributed by atoms with Crippen molar-refractivity contribution in [2.24, 2.45) is 0 Å². The third-order valence-corrected chi connectivity index (χ3v) is 6.86. The fraction of sp³-hybridized carbons (Fsp3) is 0.483. The molecule has 2 aliphatic rings. The highest BCUT2D eigenvalue weighted by molar-refractivity contribution is 5.99. The van der Waals surface area contributed by atoms with Gasteiger partial charge in [0.1, 0.15) is 0 Å². The summed E-state index contributed by atoms with van der Waals surface area (Å²) in [6.45, 7) is 8.83. The maximum Gasteiger partial charge on any atom is 0.249 e. The number of ether oxygens (including phenoxy) is 5. The van der Waals surface area contributed by atoms with Gasteiger partial charge in [0, 0.05) is 38.3 Å². The molecule has 4 rings (SSSR count). The van der Waals surface area contributed by atoms with Crippen molar-refractivity contribution in [3.05, 3.63) is 46.5 Å². The van der Waals surface area contributed by atoms with Crippen LogP contribution in [0.5, 0.6) is 28.7 Å². The van der Waals surface area contributed by atoms with Crippen molar-refractivity contribution < 1.29 is 28.5 Å². The molecule has 200 valence electrons. The summed E-state index contributed by atoms with van der Waals surface area (Å²) < 4.78 is 28.0. The Bertz CT molecular complexity index is 1110. The van der Waals surface area contributed by atoms with Gasteiger partial charge in [-0.25, -0.2) is 0 Å². The molecule has 0 unspecified atom stereocenters. The number of amides is 1. The van der Waals surface area contributed by atoms with Gasteiger partial charge in [-0.05, 0) is 73.7 Å². The zero-order valence-corrected chi connectivity index (χ0v) is 22.6. The summed E-state index contributed by atoms with van der Waals surface area (Å²) in [5.41, 5.74) is 4.18. The van der Waals surface area contributed by atoms with Gasteiger partial charge in [-0.1, -0.05) is 0 Å². The van der Waals surface area contributed by atoms with Crippen LogP contribution in [0.2, 0.25) is 0 Å². The van der Waals surface area contributed by atoms with Crippen LogP contribution in [0.25, 0.3) is 6.08 Å². The van der Waals surface area contributed by atoms with Crippen LogP contribution >= 0.6 is 0 Å². The monoisotopic (exact) mass is 510 g/mol. The Hall–Kier alpha value is -3.39. The van der Waals surface area contributed by atoms with Gasteiger partial charge in [0.15, 0.2) is 23.0 Å². The lowest BCUT2D eigenvalue weighted by Crippen LogP contribution is -2.48. The molecule has 2 aromatic rings. The molecular formula is C29H38N2O6. The zero-order chi connectivity index (χ0) is 26.4. The number of hydrogen-bond donors (Lipinski definition) is 0. The van der Waals surface area contributed by atoms with Crippen molar-refractivity contribution in [3.8, 4) is 28.7 Å². The summed E-state index contributed by atoms with van der Waals surface area (Å²) in [5, 5.41) is 0. The minimum absolute atomic E-state index is 0.130. The standard InChI is InChI=1S/C29H38N2O6/c1-6-36-24-17-21-8-9-22(16-23(21)18-25(24)37-7-2)29(32)31-12-10-30(11-13-31)19-20-14-26(33-3)28(35-5)27(15-20)34-4/h14-18H,6-13,19H2,1-5H3. The van der Waals surface area contributed by atoms with Crippen LogP contribution in [-0.2, 0) is 17.8 Å². The number of hydrogen-bond acceptors (Lipinski definition) is 7. The smallest absolute Gasteiger partial charge is 0.249 e. The predicted molar refractivity (Wildman–Crippen MR) is 143 cm³/mol. The van der Waals surface area contributed by atoms with Crippen LogP contribution in [-0.4, -0.2) is 76.4 Å². The first kappa shape index (κ1) is 26.7. The molecule has 2 aromatic carbocycles. The molecule has 1 aliphatic heterocycles. The van der Waals surface area contributed by atoms with E-state index in [1.807, 2.05) is 43.0 Å². The summed E-state index contributed by atoms with van der Waals surface area (Å²) >= 11 is 0. The number of benzene rings is 2. The number of nitrogens with zero attached hydrogens (tertiary/aromatic N) is 2. The van der Waals surface area contributed by atoms with Crippen LogP contribution in [0.1, 0.15) is 37.0 Å². The topological polar surface area (TPSA) is 69.7 Å². The van der Waals surface area contributed by atoms with Crippen molar-refractivity contribution in [2.75, 3.05) is 60.7 Å². The molecule has 0 atom stereocenters. The highest BCUT2D eigenvalue weighted by Crippen LogP contribution is 2.39. The summed E-state index contributed by atoms with van der Waals surface area (Å²) in [5.74, 6) is 3.52. The van der Waals surface area contributed by atoms with E-state index in [0.29, 0.717) is 43.6 Å². The Balaban J connectivity index is 1.41. The van der Waals surface area contributed by atoms with E-state index in [9.17, 15) is 4.79 Å². The molecule has 1 aliphatic carbocycles. The van der Waals surface area contributed by atoms with Crippen molar-refractivity contribution in [1.82, 2.24) is 9.80 Å². The van der Waals surface area contributed by atoms with E-state index in [0.717, 1.165) is 60.7 Å². The van der Waals surface area contributed by atoms with E-state index in [1.54, 1.807) is 21.3 Å². The summed E-state index contributed by atoms with van der Waals surface area (Å²) in [7, 11) is 4.85. The van der Waals surface area contributed by atoms with Gasteiger partial charge in [0.25, 0.3) is 0 Å². The maximum absolute atomic E-state index is 13.4. The largest absolute Gasteiger partial charge is 0.493 e. The van der Waals surface area contributed by atoms with Gasteiger partial charge in [-0.2, -0.15) is 0 Å². The average Bonchev–Trinajstić information content (AvgIpc) is 2.92. The second-order valence-corrected chi connectivity index (χ2v) is 9.14. The maximum atomic E-state index is 13.4. The minimum atomic E-state index is 0.130. The van der Waals surface area contributed by atoms with Crippen molar-refractivity contribution in [1.29, 1.82) is 0 Å². The van der Waals surface area contributed by atoms with E-state index in [-0.39, 0.29) is 5.91 Å². The van der Waals surface area contributed by atoms with E-state index in [2.05, 4.69) is 11.0 Å². The lowest BCUT2D eigenvalue weighted by atomic mass is 9.91. The number of methoxy groups -OCH3 is 3. The zero-order valence-electron chi connectivity index (χ0n) is 22.6. The van der Waals surface area contributed by atoms with E-state index in [4.69, 9.17) is 23.7 Å². The molecule has 0 spiro atoms. The van der Waals surface area contributed by atoms with Crippen LogP contribution in [0, 0.1) is 0 Å². The predicted octanol–water partition coefficient (Wildman–Crippen LogP) is 4.18. The van der Waals surface area contributed by atoms with Crippen LogP contribution in [0.3, 0.4) is 0 Å². The highest BCUT2D eigenvalue weighted by atomic mass is 16.5. The first-order chi connectivity index (χ1) is 18.0. The number of carbonyl (C=O) groups is 1. The van der Waals surface area contributed by atoms with Crippen LogP contribution in [0.4, 0.5) is 0 Å². The first-order valence-electron chi connectivity index (χ1n) is 12.9. The fourth-order valence-electron chi connectivity index (χ4n) is 5.00. The minimum Gasteiger partial charge on any atom is -0.493 e. The molecule has 37 heavy (non-hydrogen) atoms. The average molecular weight is 511 g/mol. The molecule has 0 aromatic heterocycles. The summed E-state index contributed by atoms with van der Waals surface area (Å²) in [6.07, 6.45) is 3.58. The van der Waals surface area contributed by atoms with Gasteiger partial charge < -0.3 is 28.6 Å². The number of aryl methyl sites for hydroxylation is 1. The Morgan fingerprint density at radius 3 is 1.97 bits per heavy atom. The van der Waals surface area contributed by atoms with Crippen molar-refractivity contribution >= 4 is 12.0 Å². The van der Waals surface area contributed by atoms with Crippen LogP contribution in [0.15, 0.2) is 29.8 Å². The summed E-state index contributed by atoms with van der Waals surface area (Å²) in [4.78, 5) is 17.7. The van der Waals surface area contributed by atoms with E-state index in [1.165, 1.54) is 5.56 Å². The number of fused-ring (bicyclic) bond motifs is 1. The molecule has 1 fully saturated rings. The van der Waals surface area contributed by atoms with Gasteiger partial charge in [-0.15, -0.1) is 0 Å². The quantitative estimate of drug-likeness (QED) is 0.475. The fourth-order valence-corrected chi connectivity index (χ4v) is 5.00. The lowest BCUT2D eigenvalue weighted by molar-refractivity contribution is -0.129. The Labute approximate surface area is 219 Å². The van der Waals surface area contributed by atoms with Gasteiger partial charge in [0.05, 0.1) is 34.5 Å². The van der Waals surface area contributed by atoms with Crippen LogP contribution < -0.4 is 23.7 Å². The Morgan fingerprint density at radius 1 is 0.784 bits per heavy atom. The second kappa shape index (κ2) is 12.2. The lowest BCUT2D eigenvalue weighted by Gasteiger charge is -2.35. The molecule has 1 saturated heterocycles. The van der Waals surface area contributed by atoms with Gasteiger partial charge in [-0.3, -0.25) is 9.69 Å². The molecule has 0 radical (unpaired) electrons. The molecule has 1 heterocycles. The summed E-state index contributed by atoms with van der Waals surface area (Å²) in [6, 6.07) is 8.03. The molecule has 8 nitrogen and oxygen atoms in total. The SMILES string of the molecule is CCOc1cc2c(cc1OCC)CCC(C(=O)N1CCN(Cc3cc(OC)c(OC)c(OC)c3)CC1)=C2. The third-order valence-electron chi connectivity index (χ3n) is 6.86. The van der Waals surface area contributed by atoms with Gasteiger partial charge in [0.2, 0.25) is 11.7 Å². The Kier molecular flexibility index (Phi) is 8.82. The number of rotatable bonds is 10. The molecule has 1 amide bonds.